The molecule has 3 N–H and O–H groups in total. The maximum Gasteiger partial charge on any atom is 0.414 e. The van der Waals surface area contributed by atoms with Gasteiger partial charge < -0.3 is 29.6 Å². The van der Waals surface area contributed by atoms with Gasteiger partial charge in [0.05, 0.1) is 19.1 Å². The second-order valence-electron chi connectivity index (χ2n) is 7.46. The van der Waals surface area contributed by atoms with Gasteiger partial charge in [0, 0.05) is 38.8 Å². The number of hydrogen-bond donors (Lipinski definition) is 3. The van der Waals surface area contributed by atoms with Gasteiger partial charge in [-0.1, -0.05) is 12.1 Å². The Morgan fingerprint density at radius 3 is 2.35 bits per heavy atom. The molecule has 1 aromatic heterocycles. The van der Waals surface area contributed by atoms with Crippen LogP contribution in [0.3, 0.4) is 0 Å². The molecule has 2 heterocycles. The molecule has 2 aromatic rings. The number of anilines is 1. The number of carboxylic acids is 2. The number of ether oxygens (including phenoxy) is 1. The molecule has 0 spiro atoms. The van der Waals surface area contributed by atoms with Gasteiger partial charge in [0.2, 0.25) is 5.91 Å². The predicted molar refractivity (Wildman–Crippen MR) is 127 cm³/mol. The van der Waals surface area contributed by atoms with Gasteiger partial charge in [-0.3, -0.25) is 9.69 Å². The van der Waals surface area contributed by atoms with Gasteiger partial charge in [-0.15, -0.1) is 0 Å². The lowest BCUT2D eigenvalue weighted by molar-refractivity contribution is -0.159. The molecule has 1 fully saturated rings. The zero-order chi connectivity index (χ0) is 24.8. The number of unbranched alkanes of at least 4 members (excludes halogenated alkanes) is 1. The van der Waals surface area contributed by atoms with Crippen LogP contribution in [0.15, 0.2) is 53.2 Å². The van der Waals surface area contributed by atoms with Gasteiger partial charge in [0.15, 0.2) is 0 Å². The summed E-state index contributed by atoms with van der Waals surface area (Å²) >= 11 is 0. The van der Waals surface area contributed by atoms with E-state index < -0.39 is 11.9 Å². The van der Waals surface area contributed by atoms with Crippen LogP contribution in [-0.4, -0.2) is 79.3 Å². The Morgan fingerprint density at radius 1 is 1.03 bits per heavy atom. The predicted octanol–water partition coefficient (Wildman–Crippen LogP) is 2.18. The van der Waals surface area contributed by atoms with Crippen molar-refractivity contribution in [2.45, 2.75) is 12.8 Å². The van der Waals surface area contributed by atoms with E-state index in [4.69, 9.17) is 29.0 Å². The summed E-state index contributed by atoms with van der Waals surface area (Å²) < 4.78 is 10.6. The highest BCUT2D eigenvalue weighted by atomic mass is 16.5. The number of benzene rings is 1. The first kappa shape index (κ1) is 26.5. The second-order valence-corrected chi connectivity index (χ2v) is 7.46. The number of carboxylic acid groups (broad SMARTS) is 2. The van der Waals surface area contributed by atoms with Crippen LogP contribution in [-0.2, 0) is 14.4 Å². The van der Waals surface area contributed by atoms with E-state index in [0.717, 1.165) is 51.3 Å². The lowest BCUT2D eigenvalue weighted by Crippen LogP contribution is -2.46. The molecule has 0 unspecified atom stereocenters. The molecule has 1 aliphatic rings. The molecule has 0 saturated carbocycles. The van der Waals surface area contributed by atoms with Gasteiger partial charge >= 0.3 is 11.9 Å². The fraction of sp³-hybridized carbons (Fsp3) is 0.375. The van der Waals surface area contributed by atoms with Crippen molar-refractivity contribution in [2.24, 2.45) is 0 Å². The lowest BCUT2D eigenvalue weighted by atomic mass is 10.2. The van der Waals surface area contributed by atoms with E-state index in [2.05, 4.69) is 27.2 Å². The summed E-state index contributed by atoms with van der Waals surface area (Å²) in [6.45, 7) is 5.89. The largest absolute Gasteiger partial charge is 0.495 e. The average molecular weight is 474 g/mol. The molecule has 1 saturated heterocycles. The number of amides is 1. The summed E-state index contributed by atoms with van der Waals surface area (Å²) in [7, 11) is 1.72. The van der Waals surface area contributed by atoms with Crippen LogP contribution >= 0.6 is 0 Å². The van der Waals surface area contributed by atoms with Crippen molar-refractivity contribution in [3.05, 3.63) is 54.5 Å². The Balaban J connectivity index is 0.000000604. The summed E-state index contributed by atoms with van der Waals surface area (Å²) in [4.78, 5) is 34.8. The molecule has 1 aliphatic heterocycles. The number of nitrogens with zero attached hydrogens (tertiary/aromatic N) is 2. The van der Waals surface area contributed by atoms with Crippen molar-refractivity contribution < 1.29 is 33.8 Å². The number of furan rings is 1. The Kier molecular flexibility index (Phi) is 11.2. The van der Waals surface area contributed by atoms with E-state index in [1.165, 1.54) is 11.8 Å². The Labute approximate surface area is 198 Å². The minimum Gasteiger partial charge on any atom is -0.495 e. The third kappa shape index (κ3) is 9.37. The van der Waals surface area contributed by atoms with E-state index in [1.54, 1.807) is 25.5 Å². The average Bonchev–Trinajstić information content (AvgIpc) is 3.37. The van der Waals surface area contributed by atoms with Crippen molar-refractivity contribution in [3.63, 3.8) is 0 Å². The lowest BCUT2D eigenvalue weighted by Gasteiger charge is -2.36. The Hall–Kier alpha value is -3.79. The number of nitrogens with one attached hydrogen (secondary N) is 1. The summed E-state index contributed by atoms with van der Waals surface area (Å²) in [5.41, 5.74) is 1.18. The molecule has 0 radical (unpaired) electrons. The quantitative estimate of drug-likeness (QED) is 0.285. The second kappa shape index (κ2) is 14.4. The first-order chi connectivity index (χ1) is 16.4. The zero-order valence-electron chi connectivity index (χ0n) is 19.2. The van der Waals surface area contributed by atoms with Gasteiger partial charge in [-0.25, -0.2) is 9.59 Å². The third-order valence-electron chi connectivity index (χ3n) is 5.12. The van der Waals surface area contributed by atoms with Crippen LogP contribution in [0, 0.1) is 0 Å². The standard InChI is InChI=1S/C22H29N3O3.C2H2O4/c1-27-21-9-3-2-8-20(21)25-16-14-24(15-17-25)13-5-4-12-23-22(26)11-10-19-7-6-18-28-19;3-1(4)2(5)6/h2-3,6-11,18H,4-5,12-17H2,1H3,(H,23,26);(H,3,4)(H,5,6)/b11-10+;. The number of rotatable bonds is 9. The minimum atomic E-state index is -1.82. The van der Waals surface area contributed by atoms with E-state index >= 15 is 0 Å². The smallest absolute Gasteiger partial charge is 0.414 e. The normalized spacial score (nSPS) is 13.7. The molecule has 1 aromatic carbocycles. The molecular weight excluding hydrogens is 442 g/mol. The number of carbonyl (C=O) groups excluding carboxylic acids is 1. The molecule has 0 bridgehead atoms. The van der Waals surface area contributed by atoms with E-state index in [9.17, 15) is 4.79 Å². The van der Waals surface area contributed by atoms with Gasteiger partial charge in [0.25, 0.3) is 0 Å². The molecule has 3 rings (SSSR count). The van der Waals surface area contributed by atoms with Crippen LogP contribution in [0.1, 0.15) is 18.6 Å². The van der Waals surface area contributed by atoms with Crippen molar-refractivity contribution >= 4 is 29.6 Å². The zero-order valence-corrected chi connectivity index (χ0v) is 19.2. The summed E-state index contributed by atoms with van der Waals surface area (Å²) in [6, 6.07) is 11.8. The van der Waals surface area contributed by atoms with Crippen molar-refractivity contribution in [3.8, 4) is 5.75 Å². The molecule has 184 valence electrons. The van der Waals surface area contributed by atoms with Crippen LogP contribution in [0.2, 0.25) is 0 Å². The first-order valence-electron chi connectivity index (χ1n) is 11.0. The number of para-hydroxylation sites is 2. The number of carbonyl (C=O) groups is 3. The topological polar surface area (TPSA) is 133 Å². The molecule has 0 atom stereocenters. The van der Waals surface area contributed by atoms with E-state index in [1.807, 2.05) is 18.2 Å². The van der Waals surface area contributed by atoms with Crippen LogP contribution in [0.25, 0.3) is 6.08 Å². The number of methoxy groups -OCH3 is 1. The molecule has 0 aliphatic carbocycles. The molecule has 1 amide bonds. The van der Waals surface area contributed by atoms with Crippen molar-refractivity contribution in [1.82, 2.24) is 10.2 Å². The highest BCUT2D eigenvalue weighted by molar-refractivity contribution is 6.27. The SMILES string of the molecule is COc1ccccc1N1CCN(CCCCNC(=O)/C=C/c2ccco2)CC1.O=C(O)C(=O)O. The number of piperazine rings is 1. The van der Waals surface area contributed by atoms with E-state index in [0.29, 0.717) is 12.3 Å². The fourth-order valence-corrected chi connectivity index (χ4v) is 3.38. The maximum atomic E-state index is 11.8. The number of hydrogen-bond acceptors (Lipinski definition) is 7. The highest BCUT2D eigenvalue weighted by Crippen LogP contribution is 2.28. The highest BCUT2D eigenvalue weighted by Gasteiger charge is 2.18. The summed E-state index contributed by atoms with van der Waals surface area (Å²) in [5.74, 6) is -2.11. The maximum absolute atomic E-state index is 11.8. The third-order valence-corrected chi connectivity index (χ3v) is 5.12. The van der Waals surface area contributed by atoms with Gasteiger partial charge in [0.1, 0.15) is 11.5 Å². The number of aliphatic carboxylic acids is 2. The monoisotopic (exact) mass is 473 g/mol. The van der Waals surface area contributed by atoms with E-state index in [-0.39, 0.29) is 5.91 Å². The van der Waals surface area contributed by atoms with Gasteiger partial charge in [-0.2, -0.15) is 0 Å². The first-order valence-corrected chi connectivity index (χ1v) is 11.0. The fourth-order valence-electron chi connectivity index (χ4n) is 3.38. The molecule has 34 heavy (non-hydrogen) atoms. The summed E-state index contributed by atoms with van der Waals surface area (Å²) in [6.07, 6.45) is 6.84. The minimum absolute atomic E-state index is 0.0816. The van der Waals surface area contributed by atoms with Crippen LogP contribution in [0.4, 0.5) is 5.69 Å². The van der Waals surface area contributed by atoms with Crippen molar-refractivity contribution in [2.75, 3.05) is 51.3 Å². The molecule has 10 nitrogen and oxygen atoms in total. The molecule has 10 heteroatoms. The van der Waals surface area contributed by atoms with Crippen molar-refractivity contribution in [1.29, 1.82) is 0 Å². The van der Waals surface area contributed by atoms with Crippen LogP contribution in [0.5, 0.6) is 5.75 Å². The summed E-state index contributed by atoms with van der Waals surface area (Å²) in [5, 5.41) is 17.7. The van der Waals surface area contributed by atoms with Crippen LogP contribution < -0.4 is 15.0 Å². The molecular formula is C24H31N3O7. The Morgan fingerprint density at radius 2 is 1.74 bits per heavy atom. The van der Waals surface area contributed by atoms with Gasteiger partial charge in [-0.05, 0) is 49.7 Å². The Bertz CT molecular complexity index is 924.